The van der Waals surface area contributed by atoms with Crippen molar-refractivity contribution in [3.63, 3.8) is 0 Å². The highest BCUT2D eigenvalue weighted by atomic mass is 19.1. The number of carbonyl (C=O) groups excluding carboxylic acids is 1. The highest BCUT2D eigenvalue weighted by Crippen LogP contribution is 2.24. The van der Waals surface area contributed by atoms with Gasteiger partial charge in [-0.1, -0.05) is 24.3 Å². The molecule has 2 heterocycles. The Morgan fingerprint density at radius 1 is 1.19 bits per heavy atom. The molecular weight excluding hydrogens is 411 g/mol. The monoisotopic (exact) mass is 438 g/mol. The Bertz CT molecular complexity index is 1060. The molecule has 0 aliphatic carbocycles. The molecule has 1 aromatic heterocycles. The molecule has 7 nitrogen and oxygen atoms in total. The third-order valence-corrected chi connectivity index (χ3v) is 5.78. The van der Waals surface area contributed by atoms with E-state index in [1.165, 1.54) is 16.9 Å². The lowest BCUT2D eigenvalue weighted by Crippen LogP contribution is -2.43. The normalized spacial score (nSPS) is 15.3. The minimum absolute atomic E-state index is 0.00400. The molecule has 0 spiro atoms. The van der Waals surface area contributed by atoms with Gasteiger partial charge in [-0.3, -0.25) is 9.69 Å². The molecule has 1 unspecified atom stereocenters. The van der Waals surface area contributed by atoms with Crippen LogP contribution in [0.4, 0.5) is 4.39 Å². The second-order valence-electron chi connectivity index (χ2n) is 7.65. The van der Waals surface area contributed by atoms with Crippen molar-refractivity contribution in [2.75, 3.05) is 40.0 Å². The van der Waals surface area contributed by atoms with Crippen molar-refractivity contribution in [1.29, 1.82) is 0 Å². The lowest BCUT2D eigenvalue weighted by Gasteiger charge is -2.35. The topological polar surface area (TPSA) is 68.6 Å². The van der Waals surface area contributed by atoms with Crippen molar-refractivity contribution < 1.29 is 18.7 Å². The van der Waals surface area contributed by atoms with Gasteiger partial charge in [0.1, 0.15) is 17.3 Å². The number of aromatic nitrogens is 2. The number of methoxy groups -OCH3 is 1. The Balaban J connectivity index is 1.51. The summed E-state index contributed by atoms with van der Waals surface area (Å²) in [7, 11) is 1.64. The quantitative estimate of drug-likeness (QED) is 0.614. The number of benzene rings is 2. The van der Waals surface area contributed by atoms with Crippen LogP contribution in [0.2, 0.25) is 0 Å². The first-order valence-corrected chi connectivity index (χ1v) is 10.6. The molecule has 1 N–H and O–H groups in total. The van der Waals surface area contributed by atoms with Crippen LogP contribution in [-0.2, 0) is 4.74 Å². The Morgan fingerprint density at radius 3 is 2.59 bits per heavy atom. The maximum absolute atomic E-state index is 14.2. The maximum Gasteiger partial charge on any atom is 0.254 e. The minimum Gasteiger partial charge on any atom is -0.497 e. The number of para-hydroxylation sites is 1. The van der Waals surface area contributed by atoms with Gasteiger partial charge in [-0.15, -0.1) is 0 Å². The first-order chi connectivity index (χ1) is 15.6. The van der Waals surface area contributed by atoms with Crippen LogP contribution in [-0.4, -0.2) is 60.5 Å². The Hall–Kier alpha value is -3.23. The summed E-state index contributed by atoms with van der Waals surface area (Å²) in [5.74, 6) is 0.157. The Morgan fingerprint density at radius 2 is 1.91 bits per heavy atom. The van der Waals surface area contributed by atoms with Crippen molar-refractivity contribution in [3.05, 3.63) is 77.4 Å². The average Bonchev–Trinajstić information content (AvgIpc) is 3.21. The SMILES string of the molecule is COc1ccc(C(CNC(=O)c2cnn(-c3ccccc3F)c2C)N2CCOCC2)cc1. The molecule has 3 aromatic rings. The molecule has 4 rings (SSSR count). The zero-order valence-corrected chi connectivity index (χ0v) is 18.3. The molecule has 1 fully saturated rings. The van der Waals surface area contributed by atoms with Crippen LogP contribution in [0.1, 0.15) is 27.7 Å². The number of ether oxygens (including phenoxy) is 2. The predicted molar refractivity (Wildman–Crippen MR) is 119 cm³/mol. The Labute approximate surface area is 186 Å². The summed E-state index contributed by atoms with van der Waals surface area (Å²) in [4.78, 5) is 15.3. The van der Waals surface area contributed by atoms with Gasteiger partial charge in [0.05, 0.1) is 43.8 Å². The molecule has 8 heteroatoms. The van der Waals surface area contributed by atoms with Crippen LogP contribution >= 0.6 is 0 Å². The van der Waals surface area contributed by atoms with E-state index in [1.807, 2.05) is 24.3 Å². The summed E-state index contributed by atoms with van der Waals surface area (Å²) < 4.78 is 26.4. The van der Waals surface area contributed by atoms with Gasteiger partial charge in [0.25, 0.3) is 5.91 Å². The first-order valence-electron chi connectivity index (χ1n) is 10.6. The third kappa shape index (κ3) is 4.66. The fraction of sp³-hybridized carbons (Fsp3) is 0.333. The number of nitrogens with one attached hydrogen (secondary N) is 1. The number of hydrogen-bond donors (Lipinski definition) is 1. The molecule has 0 bridgehead atoms. The molecule has 1 aliphatic rings. The van der Waals surface area contributed by atoms with Crippen molar-refractivity contribution >= 4 is 5.91 Å². The molecule has 1 atom stereocenters. The van der Waals surface area contributed by atoms with Crippen LogP contribution in [0.3, 0.4) is 0 Å². The molecule has 1 saturated heterocycles. The van der Waals surface area contributed by atoms with Gasteiger partial charge >= 0.3 is 0 Å². The van der Waals surface area contributed by atoms with E-state index in [0.29, 0.717) is 36.7 Å². The lowest BCUT2D eigenvalue weighted by atomic mass is 10.0. The van der Waals surface area contributed by atoms with Gasteiger partial charge in [-0.05, 0) is 36.8 Å². The van der Waals surface area contributed by atoms with Crippen LogP contribution in [0.15, 0.2) is 54.7 Å². The molecule has 32 heavy (non-hydrogen) atoms. The van der Waals surface area contributed by atoms with E-state index in [2.05, 4.69) is 15.3 Å². The number of morpholine rings is 1. The summed E-state index contributed by atoms with van der Waals surface area (Å²) >= 11 is 0. The van der Waals surface area contributed by atoms with Gasteiger partial charge in [-0.2, -0.15) is 5.10 Å². The maximum atomic E-state index is 14.2. The minimum atomic E-state index is -0.391. The predicted octanol–water partition coefficient (Wildman–Crippen LogP) is 3.13. The zero-order chi connectivity index (χ0) is 22.5. The summed E-state index contributed by atoms with van der Waals surface area (Å²) in [5.41, 5.74) is 2.41. The van der Waals surface area contributed by atoms with E-state index in [0.717, 1.165) is 24.4 Å². The van der Waals surface area contributed by atoms with Crippen LogP contribution in [0.25, 0.3) is 5.69 Å². The lowest BCUT2D eigenvalue weighted by molar-refractivity contribution is 0.0162. The second kappa shape index (κ2) is 9.93. The number of hydrogen-bond acceptors (Lipinski definition) is 5. The molecule has 168 valence electrons. The van der Waals surface area contributed by atoms with Crippen LogP contribution in [0.5, 0.6) is 5.75 Å². The number of nitrogens with zero attached hydrogens (tertiary/aromatic N) is 3. The van der Waals surface area contributed by atoms with Crippen molar-refractivity contribution in [1.82, 2.24) is 20.0 Å². The second-order valence-corrected chi connectivity index (χ2v) is 7.65. The summed E-state index contributed by atoms with van der Waals surface area (Å²) in [6, 6.07) is 14.2. The van der Waals surface area contributed by atoms with Crippen molar-refractivity contribution in [2.24, 2.45) is 0 Å². The van der Waals surface area contributed by atoms with Crippen LogP contribution in [0, 0.1) is 12.7 Å². The molecule has 0 saturated carbocycles. The van der Waals surface area contributed by atoms with E-state index in [9.17, 15) is 9.18 Å². The standard InChI is InChI=1S/C24H27FN4O3/c1-17-20(15-27-29(17)22-6-4-3-5-21(22)25)24(30)26-16-23(28-11-13-32-14-12-28)18-7-9-19(31-2)10-8-18/h3-10,15,23H,11-14,16H2,1-2H3,(H,26,30). The number of halogens is 1. The first kappa shape index (κ1) is 22.0. The number of rotatable bonds is 7. The summed E-state index contributed by atoms with van der Waals surface area (Å²) in [5, 5.41) is 7.28. The molecule has 0 radical (unpaired) electrons. The highest BCUT2D eigenvalue weighted by molar-refractivity contribution is 5.95. The summed E-state index contributed by atoms with van der Waals surface area (Å²) in [6.45, 7) is 5.09. The van der Waals surface area contributed by atoms with Gasteiger partial charge in [0.2, 0.25) is 0 Å². The molecule has 1 aliphatic heterocycles. The van der Waals surface area contributed by atoms with E-state index in [1.54, 1.807) is 32.2 Å². The largest absolute Gasteiger partial charge is 0.497 e. The molecular formula is C24H27FN4O3. The van der Waals surface area contributed by atoms with E-state index >= 15 is 0 Å². The number of carbonyl (C=O) groups is 1. The average molecular weight is 439 g/mol. The third-order valence-electron chi connectivity index (χ3n) is 5.78. The van der Waals surface area contributed by atoms with E-state index < -0.39 is 5.82 Å². The van der Waals surface area contributed by atoms with Gasteiger partial charge in [0, 0.05) is 19.6 Å². The smallest absolute Gasteiger partial charge is 0.254 e. The van der Waals surface area contributed by atoms with Gasteiger partial charge in [-0.25, -0.2) is 9.07 Å². The molecule has 1 amide bonds. The van der Waals surface area contributed by atoms with Crippen LogP contribution < -0.4 is 10.1 Å². The van der Waals surface area contributed by atoms with Gasteiger partial charge in [0.15, 0.2) is 0 Å². The van der Waals surface area contributed by atoms with E-state index in [4.69, 9.17) is 9.47 Å². The molecule has 2 aromatic carbocycles. The number of amides is 1. The van der Waals surface area contributed by atoms with Crippen molar-refractivity contribution in [2.45, 2.75) is 13.0 Å². The fourth-order valence-electron chi connectivity index (χ4n) is 3.96. The van der Waals surface area contributed by atoms with E-state index in [-0.39, 0.29) is 11.9 Å². The Kier molecular flexibility index (Phi) is 6.82. The van der Waals surface area contributed by atoms with Crippen molar-refractivity contribution in [3.8, 4) is 11.4 Å². The summed E-state index contributed by atoms with van der Waals surface area (Å²) in [6.07, 6.45) is 1.48. The zero-order valence-electron chi connectivity index (χ0n) is 18.3. The van der Waals surface area contributed by atoms with Gasteiger partial charge < -0.3 is 14.8 Å². The fourth-order valence-corrected chi connectivity index (χ4v) is 3.96. The highest BCUT2D eigenvalue weighted by Gasteiger charge is 2.24.